The van der Waals surface area contributed by atoms with Gasteiger partial charge in [0.15, 0.2) is 0 Å². The lowest BCUT2D eigenvalue weighted by Crippen LogP contribution is -1.91. The number of rotatable bonds is 4. The second kappa shape index (κ2) is 5.51. The smallest absolute Gasteiger partial charge is 0.320 e. The molecule has 2 aromatic heterocycles. The van der Waals surface area contributed by atoms with Gasteiger partial charge >= 0.3 is 6.01 Å². The lowest BCUT2D eigenvalue weighted by Gasteiger charge is -1.99. The molecule has 4 aromatic rings. The van der Waals surface area contributed by atoms with Crippen LogP contribution in [0.1, 0.15) is 0 Å². The first kappa shape index (κ1) is 13.9. The summed E-state index contributed by atoms with van der Waals surface area (Å²) in [5, 5.41) is 22.6. The Morgan fingerprint density at radius 3 is 2.67 bits per heavy atom. The second-order valence-corrected chi connectivity index (χ2v) is 5.09. The zero-order valence-corrected chi connectivity index (χ0v) is 12.3. The van der Waals surface area contributed by atoms with Gasteiger partial charge in [0.1, 0.15) is 0 Å². The van der Waals surface area contributed by atoms with Crippen LogP contribution in [0.2, 0.25) is 0 Å². The minimum absolute atomic E-state index is 0.0190. The third kappa shape index (κ3) is 2.45. The van der Waals surface area contributed by atoms with Crippen molar-refractivity contribution in [2.24, 2.45) is 0 Å². The summed E-state index contributed by atoms with van der Waals surface area (Å²) >= 11 is 0. The molecule has 24 heavy (non-hydrogen) atoms. The van der Waals surface area contributed by atoms with Crippen LogP contribution in [0.5, 0.6) is 0 Å². The van der Waals surface area contributed by atoms with Gasteiger partial charge in [0.25, 0.3) is 11.6 Å². The SMILES string of the molecule is O=[N+]([O-])c1ccc(Nc2nnc(-c3c[nH]c4ccccc34)o2)cc1. The molecule has 4 rings (SSSR count). The van der Waals surface area contributed by atoms with E-state index < -0.39 is 4.92 Å². The Labute approximate surface area is 135 Å². The molecule has 0 atom stereocenters. The summed E-state index contributed by atoms with van der Waals surface area (Å²) in [5.74, 6) is 0.386. The van der Waals surface area contributed by atoms with Gasteiger partial charge in [-0.2, -0.15) is 0 Å². The molecule has 8 nitrogen and oxygen atoms in total. The molecule has 8 heteroatoms. The molecule has 0 unspecified atom stereocenters. The molecule has 0 saturated carbocycles. The fourth-order valence-electron chi connectivity index (χ4n) is 2.42. The van der Waals surface area contributed by atoms with Crippen LogP contribution in [0.15, 0.2) is 59.1 Å². The van der Waals surface area contributed by atoms with Crippen LogP contribution in [0, 0.1) is 10.1 Å². The van der Waals surface area contributed by atoms with Crippen LogP contribution in [-0.2, 0) is 0 Å². The first-order valence-electron chi connectivity index (χ1n) is 7.12. The molecule has 2 N–H and O–H groups in total. The third-order valence-electron chi connectivity index (χ3n) is 3.57. The maximum absolute atomic E-state index is 10.7. The third-order valence-corrected chi connectivity index (χ3v) is 3.57. The number of hydrogen-bond donors (Lipinski definition) is 2. The molecule has 0 amide bonds. The van der Waals surface area contributed by atoms with Crippen LogP contribution in [0.3, 0.4) is 0 Å². The number of hydrogen-bond acceptors (Lipinski definition) is 6. The minimum Gasteiger partial charge on any atom is -0.403 e. The molecular formula is C16H11N5O3. The highest BCUT2D eigenvalue weighted by atomic mass is 16.6. The fourth-order valence-corrected chi connectivity index (χ4v) is 2.42. The molecule has 0 saturated heterocycles. The van der Waals surface area contributed by atoms with Crippen molar-refractivity contribution in [3.63, 3.8) is 0 Å². The number of fused-ring (bicyclic) bond motifs is 1. The Morgan fingerprint density at radius 1 is 1.08 bits per heavy atom. The number of nitro groups is 1. The van der Waals surface area contributed by atoms with E-state index in [9.17, 15) is 10.1 Å². The summed E-state index contributed by atoms with van der Waals surface area (Å²) in [6.45, 7) is 0. The standard InChI is InChI=1S/C16H11N5O3/c22-21(23)11-7-5-10(6-8-11)18-16-20-19-15(24-16)13-9-17-14-4-2-1-3-12(13)14/h1-9,17H,(H,18,20). The molecule has 0 bridgehead atoms. The Kier molecular flexibility index (Phi) is 3.20. The maximum Gasteiger partial charge on any atom is 0.320 e. The van der Waals surface area contributed by atoms with Crippen molar-refractivity contribution in [3.05, 3.63) is 64.8 Å². The fraction of sp³-hybridized carbons (Fsp3) is 0. The Balaban J connectivity index is 1.59. The molecule has 0 aliphatic rings. The van der Waals surface area contributed by atoms with Crippen molar-refractivity contribution < 1.29 is 9.34 Å². The van der Waals surface area contributed by atoms with E-state index in [1.807, 2.05) is 30.5 Å². The molecule has 0 aliphatic carbocycles. The molecule has 118 valence electrons. The van der Waals surface area contributed by atoms with Gasteiger partial charge in [0.05, 0.1) is 10.5 Å². The molecule has 2 heterocycles. The Bertz CT molecular complexity index is 1020. The van der Waals surface area contributed by atoms with E-state index in [1.54, 1.807) is 12.1 Å². The summed E-state index contributed by atoms with van der Waals surface area (Å²) < 4.78 is 5.63. The number of non-ortho nitro benzene ring substituents is 1. The van der Waals surface area contributed by atoms with Crippen molar-refractivity contribution in [2.45, 2.75) is 0 Å². The Morgan fingerprint density at radius 2 is 1.88 bits per heavy atom. The molecule has 0 spiro atoms. The highest BCUT2D eigenvalue weighted by molar-refractivity contribution is 5.93. The number of aromatic amines is 1. The van der Waals surface area contributed by atoms with E-state index in [0.717, 1.165) is 16.5 Å². The normalized spacial score (nSPS) is 10.8. The topological polar surface area (TPSA) is 110 Å². The van der Waals surface area contributed by atoms with E-state index in [4.69, 9.17) is 4.42 Å². The molecule has 0 aliphatic heterocycles. The predicted molar refractivity (Wildman–Crippen MR) is 88.0 cm³/mol. The number of para-hydroxylation sites is 1. The zero-order chi connectivity index (χ0) is 16.5. The van der Waals surface area contributed by atoms with E-state index in [0.29, 0.717) is 11.6 Å². The first-order valence-corrected chi connectivity index (χ1v) is 7.12. The average Bonchev–Trinajstić information content (AvgIpc) is 3.22. The van der Waals surface area contributed by atoms with Gasteiger partial charge in [-0.25, -0.2) is 0 Å². The largest absolute Gasteiger partial charge is 0.403 e. The molecular weight excluding hydrogens is 310 g/mol. The quantitative estimate of drug-likeness (QED) is 0.436. The lowest BCUT2D eigenvalue weighted by atomic mass is 10.2. The van der Waals surface area contributed by atoms with Crippen molar-refractivity contribution in [3.8, 4) is 11.5 Å². The number of anilines is 2. The van der Waals surface area contributed by atoms with Crippen molar-refractivity contribution >= 4 is 28.3 Å². The van der Waals surface area contributed by atoms with Crippen LogP contribution < -0.4 is 5.32 Å². The highest BCUT2D eigenvalue weighted by Gasteiger charge is 2.13. The van der Waals surface area contributed by atoms with Gasteiger partial charge in [0.2, 0.25) is 0 Å². The summed E-state index contributed by atoms with van der Waals surface area (Å²) in [5.41, 5.74) is 2.44. The number of aromatic nitrogens is 3. The van der Waals surface area contributed by atoms with E-state index in [2.05, 4.69) is 20.5 Å². The van der Waals surface area contributed by atoms with E-state index in [-0.39, 0.29) is 11.7 Å². The lowest BCUT2D eigenvalue weighted by molar-refractivity contribution is -0.384. The van der Waals surface area contributed by atoms with Crippen LogP contribution in [-0.4, -0.2) is 20.1 Å². The van der Waals surface area contributed by atoms with Gasteiger partial charge in [-0.1, -0.05) is 23.3 Å². The summed E-state index contributed by atoms with van der Waals surface area (Å²) in [6.07, 6.45) is 1.81. The van der Waals surface area contributed by atoms with Crippen LogP contribution in [0.25, 0.3) is 22.4 Å². The second-order valence-electron chi connectivity index (χ2n) is 5.09. The summed E-state index contributed by atoms with van der Waals surface area (Å²) in [4.78, 5) is 13.4. The maximum atomic E-state index is 10.7. The first-order chi connectivity index (χ1) is 11.7. The average molecular weight is 321 g/mol. The predicted octanol–water partition coefficient (Wildman–Crippen LogP) is 3.87. The van der Waals surface area contributed by atoms with Crippen molar-refractivity contribution in [2.75, 3.05) is 5.32 Å². The number of nitro benzene ring substituents is 1. The number of H-pyrrole nitrogens is 1. The Hall–Kier alpha value is -3.68. The van der Waals surface area contributed by atoms with Crippen LogP contribution >= 0.6 is 0 Å². The monoisotopic (exact) mass is 321 g/mol. The van der Waals surface area contributed by atoms with Gasteiger partial charge in [-0.15, -0.1) is 5.10 Å². The van der Waals surface area contributed by atoms with Gasteiger partial charge in [-0.3, -0.25) is 10.1 Å². The number of nitrogens with zero attached hydrogens (tertiary/aromatic N) is 3. The van der Waals surface area contributed by atoms with Gasteiger partial charge in [-0.05, 0) is 18.2 Å². The minimum atomic E-state index is -0.453. The van der Waals surface area contributed by atoms with Crippen molar-refractivity contribution in [1.82, 2.24) is 15.2 Å². The molecule has 2 aromatic carbocycles. The highest BCUT2D eigenvalue weighted by Crippen LogP contribution is 2.29. The number of nitrogens with one attached hydrogen (secondary N) is 2. The van der Waals surface area contributed by atoms with Gasteiger partial charge in [0, 0.05) is 34.9 Å². The molecule has 0 radical (unpaired) electrons. The number of benzene rings is 2. The molecule has 0 fully saturated rings. The summed E-state index contributed by atoms with van der Waals surface area (Å²) in [6, 6.07) is 14.0. The van der Waals surface area contributed by atoms with E-state index >= 15 is 0 Å². The van der Waals surface area contributed by atoms with Crippen molar-refractivity contribution in [1.29, 1.82) is 0 Å². The van der Waals surface area contributed by atoms with Crippen LogP contribution in [0.4, 0.5) is 17.4 Å². The van der Waals surface area contributed by atoms with Gasteiger partial charge < -0.3 is 14.7 Å². The zero-order valence-electron chi connectivity index (χ0n) is 12.3. The summed E-state index contributed by atoms with van der Waals surface area (Å²) in [7, 11) is 0. The van der Waals surface area contributed by atoms with E-state index in [1.165, 1.54) is 12.1 Å².